The highest BCUT2D eigenvalue weighted by atomic mass is 16.6. The summed E-state index contributed by atoms with van der Waals surface area (Å²) in [6.07, 6.45) is 1.60. The average Bonchev–Trinajstić information content (AvgIpc) is 2.84. The summed E-state index contributed by atoms with van der Waals surface area (Å²) < 4.78 is 5.44. The maximum Gasteiger partial charge on any atom is 0.270 e. The second-order valence-corrected chi connectivity index (χ2v) is 4.60. The molecule has 2 aromatic rings. The molecule has 5 heteroatoms. The Kier molecular flexibility index (Phi) is 3.97. The Hall–Kier alpha value is -2.14. The van der Waals surface area contributed by atoms with Crippen molar-refractivity contribution in [3.05, 3.63) is 52.5 Å². The van der Waals surface area contributed by atoms with Crippen LogP contribution in [-0.4, -0.2) is 11.0 Å². The minimum atomic E-state index is -0.393. The first-order valence-electron chi connectivity index (χ1n) is 6.12. The SMILES string of the molecule is CC(C)NCc1occc1-c1cccc([N+](=O)[O-])c1. The molecule has 1 aromatic carbocycles. The fourth-order valence-corrected chi connectivity index (χ4v) is 1.82. The zero-order valence-electron chi connectivity index (χ0n) is 10.9. The summed E-state index contributed by atoms with van der Waals surface area (Å²) in [5.74, 6) is 0.786. The standard InChI is InChI=1S/C14H16N2O3/c1-10(2)15-9-14-13(6-7-19-14)11-4-3-5-12(8-11)16(17)18/h3-8,10,15H,9H2,1-2H3. The van der Waals surface area contributed by atoms with E-state index in [-0.39, 0.29) is 5.69 Å². The van der Waals surface area contributed by atoms with Crippen molar-refractivity contribution in [2.24, 2.45) is 0 Å². The summed E-state index contributed by atoms with van der Waals surface area (Å²) in [7, 11) is 0. The molecular weight excluding hydrogens is 244 g/mol. The molecule has 0 aliphatic carbocycles. The molecule has 0 aliphatic heterocycles. The zero-order valence-corrected chi connectivity index (χ0v) is 10.9. The molecule has 0 bridgehead atoms. The number of hydrogen-bond acceptors (Lipinski definition) is 4. The molecule has 0 unspecified atom stereocenters. The van der Waals surface area contributed by atoms with Crippen molar-refractivity contribution in [3.8, 4) is 11.1 Å². The number of nitro benzene ring substituents is 1. The van der Waals surface area contributed by atoms with E-state index in [9.17, 15) is 10.1 Å². The zero-order chi connectivity index (χ0) is 13.8. The molecule has 1 N–H and O–H groups in total. The lowest BCUT2D eigenvalue weighted by Gasteiger charge is -2.07. The summed E-state index contributed by atoms with van der Waals surface area (Å²) >= 11 is 0. The first-order valence-corrected chi connectivity index (χ1v) is 6.12. The Morgan fingerprint density at radius 3 is 2.84 bits per heavy atom. The Morgan fingerprint density at radius 1 is 1.37 bits per heavy atom. The molecule has 0 aliphatic rings. The molecule has 0 radical (unpaired) electrons. The predicted molar refractivity (Wildman–Crippen MR) is 72.8 cm³/mol. The van der Waals surface area contributed by atoms with Crippen molar-refractivity contribution in [1.29, 1.82) is 0 Å². The van der Waals surface area contributed by atoms with Crippen molar-refractivity contribution in [1.82, 2.24) is 5.32 Å². The first kappa shape index (κ1) is 13.3. The van der Waals surface area contributed by atoms with Gasteiger partial charge in [0.05, 0.1) is 17.7 Å². The molecule has 2 rings (SSSR count). The van der Waals surface area contributed by atoms with E-state index < -0.39 is 4.92 Å². The second-order valence-electron chi connectivity index (χ2n) is 4.60. The Morgan fingerprint density at radius 2 is 2.16 bits per heavy atom. The van der Waals surface area contributed by atoms with Crippen molar-refractivity contribution in [3.63, 3.8) is 0 Å². The van der Waals surface area contributed by atoms with Gasteiger partial charge in [0.2, 0.25) is 0 Å². The fraction of sp³-hybridized carbons (Fsp3) is 0.286. The van der Waals surface area contributed by atoms with Crippen molar-refractivity contribution < 1.29 is 9.34 Å². The molecule has 0 amide bonds. The topological polar surface area (TPSA) is 68.3 Å². The van der Waals surface area contributed by atoms with E-state index in [0.717, 1.165) is 16.9 Å². The van der Waals surface area contributed by atoms with Gasteiger partial charge in [0.25, 0.3) is 5.69 Å². The number of nitro groups is 1. The van der Waals surface area contributed by atoms with Gasteiger partial charge in [-0.1, -0.05) is 26.0 Å². The van der Waals surface area contributed by atoms with Crippen LogP contribution >= 0.6 is 0 Å². The molecule has 19 heavy (non-hydrogen) atoms. The lowest BCUT2D eigenvalue weighted by atomic mass is 10.1. The molecule has 0 fully saturated rings. The third-order valence-corrected chi connectivity index (χ3v) is 2.78. The molecule has 1 heterocycles. The maximum absolute atomic E-state index is 10.8. The highest BCUT2D eigenvalue weighted by molar-refractivity contribution is 5.67. The number of rotatable bonds is 5. The van der Waals surface area contributed by atoms with Crippen LogP contribution in [0.3, 0.4) is 0 Å². The normalized spacial score (nSPS) is 10.9. The summed E-state index contributed by atoms with van der Waals surface area (Å²) in [5.41, 5.74) is 1.77. The maximum atomic E-state index is 10.8. The number of hydrogen-bond donors (Lipinski definition) is 1. The number of furan rings is 1. The minimum absolute atomic E-state index is 0.0847. The van der Waals surface area contributed by atoms with E-state index in [2.05, 4.69) is 19.2 Å². The van der Waals surface area contributed by atoms with Gasteiger partial charge in [-0.25, -0.2) is 0 Å². The first-order chi connectivity index (χ1) is 9.08. The summed E-state index contributed by atoms with van der Waals surface area (Å²) in [6, 6.07) is 8.75. The van der Waals surface area contributed by atoms with Crippen LogP contribution in [0.5, 0.6) is 0 Å². The summed E-state index contributed by atoms with van der Waals surface area (Å²) in [5, 5.41) is 14.1. The van der Waals surface area contributed by atoms with Gasteiger partial charge in [-0.05, 0) is 11.6 Å². The Bertz CT molecular complexity index is 576. The lowest BCUT2D eigenvalue weighted by Crippen LogP contribution is -2.21. The number of nitrogens with zero attached hydrogens (tertiary/aromatic N) is 1. The van der Waals surface area contributed by atoms with E-state index in [0.29, 0.717) is 12.6 Å². The van der Waals surface area contributed by atoms with Crippen LogP contribution in [0, 0.1) is 10.1 Å². The van der Waals surface area contributed by atoms with Crippen molar-refractivity contribution >= 4 is 5.69 Å². The van der Waals surface area contributed by atoms with Gasteiger partial charge < -0.3 is 9.73 Å². The molecule has 0 saturated heterocycles. The number of non-ortho nitro benzene ring substituents is 1. The lowest BCUT2D eigenvalue weighted by molar-refractivity contribution is -0.384. The summed E-state index contributed by atoms with van der Waals surface area (Å²) in [6.45, 7) is 4.70. The predicted octanol–water partition coefficient (Wildman–Crippen LogP) is 3.35. The van der Waals surface area contributed by atoms with Crippen LogP contribution in [0.1, 0.15) is 19.6 Å². The van der Waals surface area contributed by atoms with Gasteiger partial charge >= 0.3 is 0 Å². The number of nitrogens with one attached hydrogen (secondary N) is 1. The van der Waals surface area contributed by atoms with Gasteiger partial charge in [-0.3, -0.25) is 10.1 Å². The van der Waals surface area contributed by atoms with E-state index in [4.69, 9.17) is 4.42 Å². The van der Waals surface area contributed by atoms with E-state index in [1.54, 1.807) is 18.4 Å². The molecular formula is C14H16N2O3. The van der Waals surface area contributed by atoms with Gasteiger partial charge in [0.15, 0.2) is 0 Å². The molecule has 0 spiro atoms. The van der Waals surface area contributed by atoms with Crippen LogP contribution in [0.2, 0.25) is 0 Å². The van der Waals surface area contributed by atoms with E-state index >= 15 is 0 Å². The van der Waals surface area contributed by atoms with Gasteiger partial charge in [-0.2, -0.15) is 0 Å². The largest absolute Gasteiger partial charge is 0.467 e. The van der Waals surface area contributed by atoms with Gasteiger partial charge in [-0.15, -0.1) is 0 Å². The smallest absolute Gasteiger partial charge is 0.270 e. The van der Waals surface area contributed by atoms with Crippen LogP contribution in [0.4, 0.5) is 5.69 Å². The minimum Gasteiger partial charge on any atom is -0.467 e. The molecule has 100 valence electrons. The van der Waals surface area contributed by atoms with Crippen LogP contribution in [0.25, 0.3) is 11.1 Å². The summed E-state index contributed by atoms with van der Waals surface area (Å²) in [4.78, 5) is 10.4. The monoisotopic (exact) mass is 260 g/mol. The van der Waals surface area contributed by atoms with E-state index in [1.807, 2.05) is 12.1 Å². The van der Waals surface area contributed by atoms with Crippen molar-refractivity contribution in [2.45, 2.75) is 26.4 Å². The quantitative estimate of drug-likeness (QED) is 0.661. The molecule has 5 nitrogen and oxygen atoms in total. The molecule has 0 saturated carbocycles. The van der Waals surface area contributed by atoms with Gasteiger partial charge in [0.1, 0.15) is 5.76 Å². The second kappa shape index (κ2) is 5.67. The van der Waals surface area contributed by atoms with Crippen molar-refractivity contribution in [2.75, 3.05) is 0 Å². The highest BCUT2D eigenvalue weighted by Crippen LogP contribution is 2.27. The Balaban J connectivity index is 2.29. The molecule has 0 atom stereocenters. The van der Waals surface area contributed by atoms with Crippen LogP contribution < -0.4 is 5.32 Å². The molecule has 1 aromatic heterocycles. The Labute approximate surface area is 111 Å². The number of benzene rings is 1. The highest BCUT2D eigenvalue weighted by Gasteiger charge is 2.12. The third kappa shape index (κ3) is 3.20. The van der Waals surface area contributed by atoms with Crippen LogP contribution in [0.15, 0.2) is 41.0 Å². The fourth-order valence-electron chi connectivity index (χ4n) is 1.82. The van der Waals surface area contributed by atoms with Crippen LogP contribution in [-0.2, 0) is 6.54 Å². The van der Waals surface area contributed by atoms with Gasteiger partial charge in [0, 0.05) is 23.7 Å². The average molecular weight is 260 g/mol. The van der Waals surface area contributed by atoms with E-state index in [1.165, 1.54) is 6.07 Å². The third-order valence-electron chi connectivity index (χ3n) is 2.78.